The van der Waals surface area contributed by atoms with Crippen LogP contribution in [0.25, 0.3) is 0 Å². The first-order valence-electron chi connectivity index (χ1n) is 9.14. The summed E-state index contributed by atoms with van der Waals surface area (Å²) in [6, 6.07) is 4.78. The Morgan fingerprint density at radius 3 is 2.50 bits per heavy atom. The van der Waals surface area contributed by atoms with E-state index in [1.54, 1.807) is 0 Å². The van der Waals surface area contributed by atoms with Gasteiger partial charge in [0, 0.05) is 19.6 Å². The maximum Gasteiger partial charge on any atom is 0.243 e. The predicted molar refractivity (Wildman–Crippen MR) is 96.3 cm³/mol. The number of rotatable bonds is 5. The molecule has 2 aliphatic rings. The largest absolute Gasteiger partial charge is 0.349 e. The quantitative estimate of drug-likeness (QED) is 0.808. The molecule has 1 aromatic rings. The van der Waals surface area contributed by atoms with Gasteiger partial charge in [0.1, 0.15) is 5.82 Å². The van der Waals surface area contributed by atoms with Crippen LogP contribution in [0.5, 0.6) is 0 Å². The average molecular weight is 383 g/mol. The number of carbonyl (C=O) groups excluding carboxylic acids is 1. The lowest BCUT2D eigenvalue weighted by Gasteiger charge is -2.35. The fourth-order valence-corrected chi connectivity index (χ4v) is 5.45. The molecule has 0 radical (unpaired) electrons. The van der Waals surface area contributed by atoms with Crippen LogP contribution in [0, 0.1) is 11.7 Å². The molecule has 1 amide bonds. The summed E-state index contributed by atoms with van der Waals surface area (Å²) in [7, 11) is -3.73. The molecule has 1 aromatic carbocycles. The number of carbonyl (C=O) groups is 1. The molecule has 1 heterocycles. The van der Waals surface area contributed by atoms with Crippen molar-refractivity contribution in [3.63, 3.8) is 0 Å². The van der Waals surface area contributed by atoms with Gasteiger partial charge in [0.25, 0.3) is 0 Å². The molecule has 26 heavy (non-hydrogen) atoms. The highest BCUT2D eigenvalue weighted by atomic mass is 32.2. The number of nitrogens with one attached hydrogen (secondary N) is 1. The van der Waals surface area contributed by atoms with E-state index < -0.39 is 15.8 Å². The van der Waals surface area contributed by atoms with E-state index in [2.05, 4.69) is 5.32 Å². The molecule has 0 aromatic heterocycles. The normalized spacial score (nSPS) is 23.7. The van der Waals surface area contributed by atoms with E-state index in [0.717, 1.165) is 37.8 Å². The molecule has 1 saturated carbocycles. The third-order valence-electron chi connectivity index (χ3n) is 5.55. The molecule has 1 unspecified atom stereocenters. The third-order valence-corrected chi connectivity index (χ3v) is 7.43. The second-order valence-corrected chi connectivity index (χ2v) is 9.27. The van der Waals surface area contributed by atoms with Crippen LogP contribution in [-0.4, -0.2) is 43.8 Å². The van der Waals surface area contributed by atoms with E-state index in [1.165, 1.54) is 16.4 Å². The van der Waals surface area contributed by atoms with Crippen molar-refractivity contribution < 1.29 is 17.6 Å². The number of nitrogens with two attached hydrogens (primary N) is 1. The van der Waals surface area contributed by atoms with Gasteiger partial charge in [-0.05, 0) is 49.9 Å². The van der Waals surface area contributed by atoms with Crippen molar-refractivity contribution in [1.29, 1.82) is 0 Å². The maximum absolute atomic E-state index is 13.1. The molecule has 1 aliphatic carbocycles. The SMILES string of the molecule is NCC1(NC(=O)C2CCCN(S(=O)(=O)c3ccc(F)cc3)C2)CCCC1. The number of hydrogen-bond acceptors (Lipinski definition) is 4. The number of piperidine rings is 1. The summed E-state index contributed by atoms with van der Waals surface area (Å²) in [6.07, 6.45) is 5.12. The summed E-state index contributed by atoms with van der Waals surface area (Å²) in [5, 5.41) is 3.10. The van der Waals surface area contributed by atoms with Crippen molar-refractivity contribution in [3.8, 4) is 0 Å². The van der Waals surface area contributed by atoms with E-state index in [1.807, 2.05) is 0 Å². The fourth-order valence-electron chi connectivity index (χ4n) is 3.93. The molecule has 1 atom stereocenters. The molecule has 2 fully saturated rings. The van der Waals surface area contributed by atoms with E-state index in [4.69, 9.17) is 5.73 Å². The summed E-state index contributed by atoms with van der Waals surface area (Å²) in [4.78, 5) is 12.8. The molecule has 1 aliphatic heterocycles. The molecule has 6 nitrogen and oxygen atoms in total. The van der Waals surface area contributed by atoms with Crippen LogP contribution < -0.4 is 11.1 Å². The highest BCUT2D eigenvalue weighted by Gasteiger charge is 2.38. The Labute approximate surface area is 154 Å². The Bertz CT molecular complexity index is 745. The van der Waals surface area contributed by atoms with Crippen molar-refractivity contribution in [1.82, 2.24) is 9.62 Å². The zero-order valence-corrected chi connectivity index (χ0v) is 15.6. The van der Waals surface area contributed by atoms with Crippen LogP contribution in [0.4, 0.5) is 4.39 Å². The molecule has 1 saturated heterocycles. The standard InChI is InChI=1S/C18H26FN3O3S/c19-15-5-7-16(8-6-15)26(24,25)22-11-3-4-14(12-22)17(23)21-18(13-20)9-1-2-10-18/h5-8,14H,1-4,9-13,20H2,(H,21,23). The Morgan fingerprint density at radius 2 is 1.88 bits per heavy atom. The summed E-state index contributed by atoms with van der Waals surface area (Å²) >= 11 is 0. The average Bonchev–Trinajstić information content (AvgIpc) is 3.11. The number of halogens is 1. The Hall–Kier alpha value is -1.51. The van der Waals surface area contributed by atoms with Gasteiger partial charge >= 0.3 is 0 Å². The van der Waals surface area contributed by atoms with Gasteiger partial charge in [0.2, 0.25) is 15.9 Å². The second kappa shape index (κ2) is 7.62. The lowest BCUT2D eigenvalue weighted by atomic mass is 9.93. The molecule has 3 rings (SSSR count). The molecule has 0 bridgehead atoms. The van der Waals surface area contributed by atoms with Gasteiger partial charge in [0.15, 0.2) is 0 Å². The number of amides is 1. The van der Waals surface area contributed by atoms with Gasteiger partial charge in [-0.15, -0.1) is 0 Å². The monoisotopic (exact) mass is 383 g/mol. The van der Waals surface area contributed by atoms with Gasteiger partial charge in [0.05, 0.1) is 16.4 Å². The van der Waals surface area contributed by atoms with Crippen molar-refractivity contribution in [2.45, 2.75) is 49.0 Å². The maximum atomic E-state index is 13.1. The van der Waals surface area contributed by atoms with Gasteiger partial charge in [-0.1, -0.05) is 12.8 Å². The summed E-state index contributed by atoms with van der Waals surface area (Å²) in [5.41, 5.74) is 5.54. The summed E-state index contributed by atoms with van der Waals surface area (Å²) in [6.45, 7) is 0.917. The second-order valence-electron chi connectivity index (χ2n) is 7.34. The number of benzene rings is 1. The molecule has 3 N–H and O–H groups in total. The summed E-state index contributed by atoms with van der Waals surface area (Å²) < 4.78 is 40.0. The zero-order valence-electron chi connectivity index (χ0n) is 14.8. The van der Waals surface area contributed by atoms with E-state index >= 15 is 0 Å². The Morgan fingerprint density at radius 1 is 1.23 bits per heavy atom. The topological polar surface area (TPSA) is 92.5 Å². The van der Waals surface area contributed by atoms with Gasteiger partial charge in [-0.2, -0.15) is 4.31 Å². The van der Waals surface area contributed by atoms with Gasteiger partial charge < -0.3 is 11.1 Å². The van der Waals surface area contributed by atoms with Crippen LogP contribution in [0.3, 0.4) is 0 Å². The van der Waals surface area contributed by atoms with Crippen LogP contribution in [0.1, 0.15) is 38.5 Å². The minimum Gasteiger partial charge on any atom is -0.349 e. The van der Waals surface area contributed by atoms with Crippen LogP contribution in [0.15, 0.2) is 29.2 Å². The lowest BCUT2D eigenvalue weighted by molar-refractivity contribution is -0.128. The molecule has 0 spiro atoms. The van der Waals surface area contributed by atoms with Crippen molar-refractivity contribution in [2.75, 3.05) is 19.6 Å². The fraction of sp³-hybridized carbons (Fsp3) is 0.611. The number of sulfonamides is 1. The minimum absolute atomic E-state index is 0.0502. The van der Waals surface area contributed by atoms with Crippen LogP contribution >= 0.6 is 0 Å². The zero-order chi connectivity index (χ0) is 18.8. The van der Waals surface area contributed by atoms with E-state index in [0.29, 0.717) is 25.9 Å². The number of hydrogen-bond donors (Lipinski definition) is 2. The van der Waals surface area contributed by atoms with E-state index in [-0.39, 0.29) is 28.8 Å². The molecular weight excluding hydrogens is 357 g/mol. The van der Waals surface area contributed by atoms with E-state index in [9.17, 15) is 17.6 Å². The first kappa shape index (κ1) is 19.3. The van der Waals surface area contributed by atoms with Crippen molar-refractivity contribution in [3.05, 3.63) is 30.1 Å². The third kappa shape index (κ3) is 3.92. The van der Waals surface area contributed by atoms with Crippen LogP contribution in [0.2, 0.25) is 0 Å². The predicted octanol–water partition coefficient (Wildman–Crippen LogP) is 1.61. The highest BCUT2D eigenvalue weighted by Crippen LogP contribution is 2.30. The first-order valence-corrected chi connectivity index (χ1v) is 10.6. The molecule has 8 heteroatoms. The molecular formula is C18H26FN3O3S. The Balaban J connectivity index is 1.70. The lowest BCUT2D eigenvalue weighted by Crippen LogP contribution is -2.55. The van der Waals surface area contributed by atoms with Crippen molar-refractivity contribution >= 4 is 15.9 Å². The van der Waals surface area contributed by atoms with Crippen molar-refractivity contribution in [2.24, 2.45) is 11.7 Å². The minimum atomic E-state index is -3.73. The van der Waals surface area contributed by atoms with Gasteiger partial charge in [-0.25, -0.2) is 12.8 Å². The molecule has 144 valence electrons. The van der Waals surface area contributed by atoms with Gasteiger partial charge in [-0.3, -0.25) is 4.79 Å². The number of nitrogens with zero attached hydrogens (tertiary/aromatic N) is 1. The van der Waals surface area contributed by atoms with Crippen LogP contribution in [-0.2, 0) is 14.8 Å². The smallest absolute Gasteiger partial charge is 0.243 e. The first-order chi connectivity index (χ1) is 12.4. The Kier molecular flexibility index (Phi) is 5.64. The highest BCUT2D eigenvalue weighted by molar-refractivity contribution is 7.89. The summed E-state index contributed by atoms with van der Waals surface area (Å²) in [5.74, 6) is -0.983.